The summed E-state index contributed by atoms with van der Waals surface area (Å²) in [6, 6.07) is 17.5. The molecule has 140 valence electrons. The molecular formula is C25H30N2. The minimum absolute atomic E-state index is 0.376. The molecule has 2 heterocycles. The zero-order valence-electron chi connectivity index (χ0n) is 16.9. The number of hydrogen-bond acceptors (Lipinski definition) is 2. The Balaban J connectivity index is 1.70. The molecule has 27 heavy (non-hydrogen) atoms. The zero-order chi connectivity index (χ0) is 19.2. The highest BCUT2D eigenvalue weighted by Gasteiger charge is 2.12. The number of pyridine rings is 2. The lowest BCUT2D eigenvalue weighted by atomic mass is 9.91. The van der Waals surface area contributed by atoms with Crippen LogP contribution in [0.1, 0.15) is 73.4 Å². The fourth-order valence-electron chi connectivity index (χ4n) is 3.54. The van der Waals surface area contributed by atoms with Gasteiger partial charge in [0.1, 0.15) is 0 Å². The second-order valence-electron chi connectivity index (χ2n) is 7.99. The minimum Gasteiger partial charge on any atom is -0.264 e. The standard InChI is InChI=1S/C25H30N2/c1-18(2)24-14-22(16-26-17-24)13-20(4)25-15-21(10-11-27-25)12-19(3)23-8-6-5-7-9-23/h5-11,14-20H,12-13H2,1-4H3. The summed E-state index contributed by atoms with van der Waals surface area (Å²) >= 11 is 0. The Labute approximate surface area is 163 Å². The first-order chi connectivity index (χ1) is 13.0. The molecule has 0 aliphatic carbocycles. The second kappa shape index (κ2) is 8.94. The molecule has 0 aliphatic heterocycles. The maximum absolute atomic E-state index is 4.65. The number of rotatable bonds is 7. The monoisotopic (exact) mass is 358 g/mol. The number of nitrogens with zero attached hydrogens (tertiary/aromatic N) is 2. The Morgan fingerprint density at radius 2 is 1.48 bits per heavy atom. The predicted molar refractivity (Wildman–Crippen MR) is 113 cm³/mol. The molecule has 2 atom stereocenters. The normalized spacial score (nSPS) is 13.5. The Hall–Kier alpha value is -2.48. The molecule has 3 aromatic rings. The molecule has 0 radical (unpaired) electrons. The molecule has 2 unspecified atom stereocenters. The van der Waals surface area contributed by atoms with Crippen LogP contribution < -0.4 is 0 Å². The van der Waals surface area contributed by atoms with Crippen LogP contribution in [-0.2, 0) is 12.8 Å². The Morgan fingerprint density at radius 1 is 0.741 bits per heavy atom. The van der Waals surface area contributed by atoms with E-state index in [1.54, 1.807) is 0 Å². The summed E-state index contributed by atoms with van der Waals surface area (Å²) in [5.74, 6) is 1.39. The maximum atomic E-state index is 4.65. The predicted octanol–water partition coefficient (Wildman–Crippen LogP) is 6.29. The fraction of sp³-hybridized carbons (Fsp3) is 0.360. The lowest BCUT2D eigenvalue weighted by Gasteiger charge is -2.15. The molecule has 0 bridgehead atoms. The topological polar surface area (TPSA) is 25.8 Å². The van der Waals surface area contributed by atoms with Crippen molar-refractivity contribution in [2.45, 2.75) is 58.3 Å². The van der Waals surface area contributed by atoms with E-state index in [4.69, 9.17) is 0 Å². The number of aromatic nitrogens is 2. The van der Waals surface area contributed by atoms with Crippen molar-refractivity contribution in [2.75, 3.05) is 0 Å². The van der Waals surface area contributed by atoms with Gasteiger partial charge in [-0.3, -0.25) is 9.97 Å². The Bertz CT molecular complexity index is 855. The highest BCUT2D eigenvalue weighted by molar-refractivity contribution is 5.27. The van der Waals surface area contributed by atoms with E-state index in [9.17, 15) is 0 Å². The zero-order valence-corrected chi connectivity index (χ0v) is 16.9. The summed E-state index contributed by atoms with van der Waals surface area (Å²) in [7, 11) is 0. The van der Waals surface area contributed by atoms with Crippen LogP contribution in [0, 0.1) is 0 Å². The van der Waals surface area contributed by atoms with Crippen LogP contribution in [0.25, 0.3) is 0 Å². The molecule has 1 aromatic carbocycles. The van der Waals surface area contributed by atoms with Gasteiger partial charge in [-0.25, -0.2) is 0 Å². The molecular weight excluding hydrogens is 328 g/mol. The molecule has 0 fully saturated rings. The van der Waals surface area contributed by atoms with Gasteiger partial charge in [0.2, 0.25) is 0 Å². The average Bonchev–Trinajstić information content (AvgIpc) is 2.69. The van der Waals surface area contributed by atoms with Gasteiger partial charge < -0.3 is 0 Å². The molecule has 0 N–H and O–H groups in total. The van der Waals surface area contributed by atoms with Gasteiger partial charge in [-0.15, -0.1) is 0 Å². The van der Waals surface area contributed by atoms with Crippen molar-refractivity contribution in [3.63, 3.8) is 0 Å². The first kappa shape index (κ1) is 19.3. The second-order valence-corrected chi connectivity index (χ2v) is 7.99. The van der Waals surface area contributed by atoms with Crippen molar-refractivity contribution in [1.82, 2.24) is 9.97 Å². The van der Waals surface area contributed by atoms with Gasteiger partial charge in [0.25, 0.3) is 0 Å². The number of benzene rings is 1. The van der Waals surface area contributed by atoms with E-state index in [1.165, 1.54) is 27.9 Å². The van der Waals surface area contributed by atoms with E-state index in [-0.39, 0.29) is 0 Å². The summed E-state index contributed by atoms with van der Waals surface area (Å²) in [5, 5.41) is 0. The van der Waals surface area contributed by atoms with Crippen molar-refractivity contribution in [1.29, 1.82) is 0 Å². The largest absolute Gasteiger partial charge is 0.264 e. The van der Waals surface area contributed by atoms with Crippen LogP contribution in [0.3, 0.4) is 0 Å². The summed E-state index contributed by atoms with van der Waals surface area (Å²) in [4.78, 5) is 9.08. The van der Waals surface area contributed by atoms with Gasteiger partial charge in [-0.2, -0.15) is 0 Å². The van der Waals surface area contributed by atoms with Crippen molar-refractivity contribution >= 4 is 0 Å². The SMILES string of the molecule is CC(C)c1cncc(CC(C)c2cc(CC(C)c3ccccc3)ccn2)c1. The third-order valence-corrected chi connectivity index (χ3v) is 5.29. The summed E-state index contributed by atoms with van der Waals surface area (Å²) in [6.07, 6.45) is 7.93. The highest BCUT2D eigenvalue weighted by Crippen LogP contribution is 2.24. The minimum atomic E-state index is 0.376. The van der Waals surface area contributed by atoms with Crippen molar-refractivity contribution < 1.29 is 0 Å². The van der Waals surface area contributed by atoms with Gasteiger partial charge >= 0.3 is 0 Å². The first-order valence-corrected chi connectivity index (χ1v) is 9.96. The third kappa shape index (κ3) is 5.26. The molecule has 0 aliphatic rings. The fourth-order valence-corrected chi connectivity index (χ4v) is 3.54. The number of hydrogen-bond donors (Lipinski definition) is 0. The van der Waals surface area contributed by atoms with E-state index in [1.807, 2.05) is 18.6 Å². The smallest absolute Gasteiger partial charge is 0.0437 e. The third-order valence-electron chi connectivity index (χ3n) is 5.29. The summed E-state index contributed by atoms with van der Waals surface area (Å²) in [5.41, 5.74) is 6.51. The van der Waals surface area contributed by atoms with Crippen LogP contribution >= 0.6 is 0 Å². The molecule has 0 amide bonds. The molecule has 2 heteroatoms. The van der Waals surface area contributed by atoms with Crippen LogP contribution in [0.4, 0.5) is 0 Å². The van der Waals surface area contributed by atoms with Gasteiger partial charge in [-0.1, -0.05) is 64.1 Å². The molecule has 0 saturated carbocycles. The van der Waals surface area contributed by atoms with Gasteiger partial charge in [0.05, 0.1) is 0 Å². The summed E-state index contributed by atoms with van der Waals surface area (Å²) in [6.45, 7) is 8.98. The van der Waals surface area contributed by atoms with E-state index in [0.717, 1.165) is 12.8 Å². The first-order valence-electron chi connectivity index (χ1n) is 9.96. The average molecular weight is 359 g/mol. The van der Waals surface area contributed by atoms with E-state index < -0.39 is 0 Å². The quantitative estimate of drug-likeness (QED) is 0.496. The Morgan fingerprint density at radius 3 is 2.22 bits per heavy atom. The van der Waals surface area contributed by atoms with Crippen molar-refractivity contribution in [3.05, 3.63) is 95.1 Å². The van der Waals surface area contributed by atoms with E-state index in [0.29, 0.717) is 17.8 Å². The molecule has 0 saturated heterocycles. The van der Waals surface area contributed by atoms with Gasteiger partial charge in [-0.05, 0) is 59.1 Å². The van der Waals surface area contributed by atoms with Crippen LogP contribution in [0.15, 0.2) is 67.1 Å². The van der Waals surface area contributed by atoms with Crippen LogP contribution in [-0.4, -0.2) is 9.97 Å². The Kier molecular flexibility index (Phi) is 6.39. The van der Waals surface area contributed by atoms with E-state index >= 15 is 0 Å². The lowest BCUT2D eigenvalue weighted by molar-refractivity contribution is 0.713. The van der Waals surface area contributed by atoms with Crippen LogP contribution in [0.2, 0.25) is 0 Å². The maximum Gasteiger partial charge on any atom is 0.0437 e. The van der Waals surface area contributed by atoms with Gasteiger partial charge in [0, 0.05) is 30.2 Å². The molecule has 0 spiro atoms. The lowest BCUT2D eigenvalue weighted by Crippen LogP contribution is -2.05. The summed E-state index contributed by atoms with van der Waals surface area (Å²) < 4.78 is 0. The molecule has 3 rings (SSSR count). The van der Waals surface area contributed by atoms with Crippen molar-refractivity contribution in [2.24, 2.45) is 0 Å². The van der Waals surface area contributed by atoms with E-state index in [2.05, 4.69) is 86.2 Å². The van der Waals surface area contributed by atoms with Crippen molar-refractivity contribution in [3.8, 4) is 0 Å². The van der Waals surface area contributed by atoms with Crippen LogP contribution in [0.5, 0.6) is 0 Å². The molecule has 2 nitrogen and oxygen atoms in total. The molecule has 2 aromatic heterocycles. The highest BCUT2D eigenvalue weighted by atomic mass is 14.7. The van der Waals surface area contributed by atoms with Gasteiger partial charge in [0.15, 0.2) is 0 Å².